The van der Waals surface area contributed by atoms with E-state index < -0.39 is 0 Å². The van der Waals surface area contributed by atoms with Crippen LogP contribution in [0, 0.1) is 0 Å². The van der Waals surface area contributed by atoms with Gasteiger partial charge in [-0.2, -0.15) is 0 Å². The van der Waals surface area contributed by atoms with Gasteiger partial charge < -0.3 is 14.8 Å². The van der Waals surface area contributed by atoms with Gasteiger partial charge in [-0.3, -0.25) is 4.79 Å². The lowest BCUT2D eigenvalue weighted by molar-refractivity contribution is -0.145. The normalized spacial score (nSPS) is 17.3. The van der Waals surface area contributed by atoms with Crippen LogP contribution in [0.25, 0.3) is 0 Å². The van der Waals surface area contributed by atoms with Gasteiger partial charge in [0.2, 0.25) is 0 Å². The molecule has 1 atom stereocenters. The zero-order chi connectivity index (χ0) is 24.5. The number of nitrogens with one attached hydrogen (secondary N) is 1. The van der Waals surface area contributed by atoms with Crippen molar-refractivity contribution >= 4 is 35.3 Å². The molecule has 0 bridgehead atoms. The minimum Gasteiger partial charge on any atom is -0.467 e. The number of fused-ring (bicyclic) bond motifs is 1. The predicted octanol–water partition coefficient (Wildman–Crippen LogP) is 5.25. The first-order valence-corrected chi connectivity index (χ1v) is 14.6. The summed E-state index contributed by atoms with van der Waals surface area (Å²) in [6, 6.07) is 4.74. The highest BCUT2D eigenvalue weighted by atomic mass is 32.2. The van der Waals surface area contributed by atoms with Crippen molar-refractivity contribution in [2.75, 3.05) is 37.1 Å². The summed E-state index contributed by atoms with van der Waals surface area (Å²) in [5, 5.41) is 3.44. The van der Waals surface area contributed by atoms with E-state index in [0.29, 0.717) is 12.6 Å². The molecule has 0 spiro atoms. The summed E-state index contributed by atoms with van der Waals surface area (Å²) in [5.41, 5.74) is 3.32. The topological polar surface area (TPSA) is 86.2 Å². The van der Waals surface area contributed by atoms with Crippen LogP contribution < -0.4 is 10.1 Å². The maximum atomic E-state index is 12.8. The molecule has 2 aromatic heterocycles. The van der Waals surface area contributed by atoms with Crippen molar-refractivity contribution in [1.29, 1.82) is 0 Å². The van der Waals surface area contributed by atoms with Gasteiger partial charge in [-0.05, 0) is 63.5 Å². The Bertz CT molecular complexity index is 968. The number of pyridine rings is 1. The first-order chi connectivity index (χ1) is 17.1. The highest BCUT2D eigenvalue weighted by molar-refractivity contribution is 8.21. The molecule has 1 N–H and O–H groups in total. The van der Waals surface area contributed by atoms with Crippen molar-refractivity contribution in [3.63, 3.8) is 0 Å². The van der Waals surface area contributed by atoms with Crippen LogP contribution in [0.15, 0.2) is 24.5 Å². The van der Waals surface area contributed by atoms with Gasteiger partial charge in [-0.25, -0.2) is 15.0 Å². The molecule has 2 aromatic rings. The molecule has 4 rings (SSSR count). The van der Waals surface area contributed by atoms with E-state index in [1.54, 1.807) is 12.4 Å². The number of ether oxygens (including phenoxy) is 2. The lowest BCUT2D eigenvalue weighted by atomic mass is 9.94. The summed E-state index contributed by atoms with van der Waals surface area (Å²) in [7, 11) is 1.54. The van der Waals surface area contributed by atoms with Crippen LogP contribution in [0.5, 0.6) is 6.01 Å². The summed E-state index contributed by atoms with van der Waals surface area (Å²) in [5.74, 6) is 2.86. The third kappa shape index (κ3) is 7.03. The van der Waals surface area contributed by atoms with E-state index in [2.05, 4.69) is 50.9 Å². The van der Waals surface area contributed by atoms with Crippen molar-refractivity contribution in [3.05, 3.63) is 41.3 Å². The van der Waals surface area contributed by atoms with Crippen LogP contribution in [0.4, 0.5) is 5.82 Å². The predicted molar refractivity (Wildman–Crippen MR) is 143 cm³/mol. The van der Waals surface area contributed by atoms with Crippen molar-refractivity contribution in [2.24, 2.45) is 0 Å². The monoisotopic (exact) mass is 516 g/mol. The summed E-state index contributed by atoms with van der Waals surface area (Å²) in [6.07, 6.45) is 11.8. The summed E-state index contributed by atoms with van der Waals surface area (Å²) in [6.45, 7) is 3.24. The number of unbranched alkanes of at least 4 members (excludes halogenated alkanes) is 1. The Morgan fingerprint density at radius 1 is 1.17 bits per heavy atom. The van der Waals surface area contributed by atoms with Gasteiger partial charge in [0.25, 0.3) is 0 Å². The molecule has 9 heteroatoms. The van der Waals surface area contributed by atoms with Crippen LogP contribution in [-0.4, -0.2) is 56.8 Å². The van der Waals surface area contributed by atoms with Crippen molar-refractivity contribution < 1.29 is 14.3 Å². The Hall–Kier alpha value is -2.00. The third-order valence-corrected chi connectivity index (χ3v) is 10.3. The number of hydrogen-bond acceptors (Lipinski definition) is 9. The van der Waals surface area contributed by atoms with Crippen LogP contribution in [0.1, 0.15) is 68.2 Å². The molecular formula is C26H36N4O3S2. The Balaban J connectivity index is 1.33. The number of anilines is 1. The smallest absolute Gasteiger partial charge is 0.316 e. The molecular weight excluding hydrogens is 480 g/mol. The van der Waals surface area contributed by atoms with Crippen molar-refractivity contribution in [3.8, 4) is 6.01 Å². The Morgan fingerprint density at radius 2 is 1.97 bits per heavy atom. The molecule has 35 heavy (non-hydrogen) atoms. The molecule has 4 heterocycles. The van der Waals surface area contributed by atoms with Crippen LogP contribution in [0.3, 0.4) is 0 Å². The minimum atomic E-state index is -0.355. The third-order valence-electron chi connectivity index (χ3n) is 6.62. The second-order valence-electron chi connectivity index (χ2n) is 9.00. The number of esters is 1. The van der Waals surface area contributed by atoms with Gasteiger partial charge in [0.05, 0.1) is 23.7 Å². The fourth-order valence-electron chi connectivity index (χ4n) is 4.76. The number of nitrogens with zero attached hydrogens (tertiary/aromatic N) is 3. The first-order valence-electron chi connectivity index (χ1n) is 12.7. The highest BCUT2D eigenvalue weighted by Crippen LogP contribution is 2.51. The number of methoxy groups -OCH3 is 1. The fourth-order valence-corrected chi connectivity index (χ4v) is 8.10. The van der Waals surface area contributed by atoms with E-state index >= 15 is 0 Å². The zero-order valence-electron chi connectivity index (χ0n) is 20.8. The Labute approximate surface area is 217 Å². The van der Waals surface area contributed by atoms with E-state index in [9.17, 15) is 4.79 Å². The van der Waals surface area contributed by atoms with Gasteiger partial charge in [0.15, 0.2) is 0 Å². The second-order valence-corrected chi connectivity index (χ2v) is 12.2. The van der Waals surface area contributed by atoms with Crippen LogP contribution in [-0.2, 0) is 22.4 Å². The van der Waals surface area contributed by atoms with Gasteiger partial charge in [0.1, 0.15) is 5.82 Å². The average Bonchev–Trinajstić information content (AvgIpc) is 3.36. The fraction of sp³-hybridized carbons (Fsp3) is 0.615. The molecule has 0 amide bonds. The maximum Gasteiger partial charge on any atom is 0.316 e. The number of thioether (sulfide) groups is 2. The van der Waals surface area contributed by atoms with Crippen LogP contribution in [0.2, 0.25) is 0 Å². The number of carbonyl (C=O) groups excluding carboxylic acids is 1. The van der Waals surface area contributed by atoms with Crippen molar-refractivity contribution in [2.45, 2.75) is 68.3 Å². The number of rotatable bonds is 12. The van der Waals surface area contributed by atoms with E-state index in [1.165, 1.54) is 36.3 Å². The standard InChI is InChI=1S/C26H36N4O3S2/c1-3-33-24(31)22(20-17-28-25(32-2)29-18-20)11-13-26(34-15-16-35-26)12-5-4-8-21-10-9-19-7-6-14-27-23(19)30-21/h9-10,17-18,22H,3-8,11-16H2,1-2H3,(H,27,30). The number of hydrogen-bond donors (Lipinski definition) is 1. The van der Waals surface area contributed by atoms with Gasteiger partial charge in [0, 0.05) is 41.7 Å². The molecule has 1 saturated heterocycles. The highest BCUT2D eigenvalue weighted by Gasteiger charge is 2.37. The SMILES string of the molecule is CCOC(=O)C(CCC1(CCCCc2ccc3c(n2)NCCC3)SCCS1)c1cnc(OC)nc1. The first kappa shape index (κ1) is 26.1. The average molecular weight is 517 g/mol. The molecule has 0 aliphatic carbocycles. The quantitative estimate of drug-likeness (QED) is 0.300. The molecule has 2 aliphatic rings. The van der Waals surface area contributed by atoms with E-state index in [-0.39, 0.29) is 16.0 Å². The molecule has 0 saturated carbocycles. The number of carbonyl (C=O) groups is 1. The maximum absolute atomic E-state index is 12.8. The van der Waals surface area contributed by atoms with E-state index in [4.69, 9.17) is 14.5 Å². The Kier molecular flexibility index (Phi) is 9.54. The molecule has 1 fully saturated rings. The lowest BCUT2D eigenvalue weighted by Gasteiger charge is -2.29. The minimum absolute atomic E-state index is 0.156. The van der Waals surface area contributed by atoms with Crippen LogP contribution >= 0.6 is 23.5 Å². The molecule has 2 aliphatic heterocycles. The largest absolute Gasteiger partial charge is 0.467 e. The van der Waals surface area contributed by atoms with Gasteiger partial charge in [-0.1, -0.05) is 12.5 Å². The summed E-state index contributed by atoms with van der Waals surface area (Å²) < 4.78 is 10.6. The number of aryl methyl sites for hydroxylation is 2. The second kappa shape index (κ2) is 12.8. The zero-order valence-corrected chi connectivity index (χ0v) is 22.4. The van der Waals surface area contributed by atoms with Crippen molar-refractivity contribution in [1.82, 2.24) is 15.0 Å². The molecule has 7 nitrogen and oxygen atoms in total. The molecule has 190 valence electrons. The molecule has 0 radical (unpaired) electrons. The van der Waals surface area contributed by atoms with Gasteiger partial charge >= 0.3 is 12.0 Å². The molecule has 0 aromatic carbocycles. The number of aromatic nitrogens is 3. The summed E-state index contributed by atoms with van der Waals surface area (Å²) in [4.78, 5) is 26.1. The summed E-state index contributed by atoms with van der Waals surface area (Å²) >= 11 is 4.11. The van der Waals surface area contributed by atoms with E-state index in [0.717, 1.165) is 62.9 Å². The lowest BCUT2D eigenvalue weighted by Crippen LogP contribution is -2.23. The van der Waals surface area contributed by atoms with Gasteiger partial charge in [-0.15, -0.1) is 23.5 Å². The van der Waals surface area contributed by atoms with E-state index in [1.807, 2.05) is 6.92 Å². The molecule has 1 unspecified atom stereocenters. The Morgan fingerprint density at radius 3 is 2.71 bits per heavy atom.